The van der Waals surface area contributed by atoms with Crippen molar-refractivity contribution < 1.29 is 0 Å². The van der Waals surface area contributed by atoms with Gasteiger partial charge in [-0.05, 0) is 43.9 Å². The second-order valence-electron chi connectivity index (χ2n) is 7.07. The average Bonchev–Trinajstić information content (AvgIpc) is 3.09. The van der Waals surface area contributed by atoms with Crippen molar-refractivity contribution in [3.63, 3.8) is 0 Å². The lowest BCUT2D eigenvalue weighted by Gasteiger charge is -2.29. The number of nitrogens with one attached hydrogen (secondary N) is 2. The normalized spacial score (nSPS) is 28.9. The molecule has 116 valence electrons. The second kappa shape index (κ2) is 5.79. The maximum Gasteiger partial charge on any atom is 0.145 e. The van der Waals surface area contributed by atoms with Gasteiger partial charge in [0, 0.05) is 18.0 Å². The summed E-state index contributed by atoms with van der Waals surface area (Å²) in [6.45, 7) is 6.48. The van der Waals surface area contributed by atoms with E-state index in [0.717, 1.165) is 29.4 Å². The molecule has 2 saturated carbocycles. The number of nitrogens with two attached hydrogens (primary N) is 1. The van der Waals surface area contributed by atoms with Crippen molar-refractivity contribution in [2.24, 2.45) is 23.6 Å². The van der Waals surface area contributed by atoms with Gasteiger partial charge in [-0.2, -0.15) is 0 Å². The number of anilines is 2. The standard InChI is InChI=1S/C16H27N5/c1-9(2)16-19-14(8-15(20-16)21-17)18-10(3)13-7-11-4-5-12(13)6-11/h8-13H,4-7,17H2,1-3H3,(H2,18,19,20,21). The Labute approximate surface area is 127 Å². The van der Waals surface area contributed by atoms with Crippen LogP contribution in [0.3, 0.4) is 0 Å². The summed E-state index contributed by atoms with van der Waals surface area (Å²) in [6, 6.07) is 2.36. The van der Waals surface area contributed by atoms with Crippen molar-refractivity contribution in [2.45, 2.75) is 58.4 Å². The van der Waals surface area contributed by atoms with Gasteiger partial charge in [0.25, 0.3) is 0 Å². The van der Waals surface area contributed by atoms with Crippen LogP contribution in [0, 0.1) is 17.8 Å². The number of rotatable bonds is 5. The van der Waals surface area contributed by atoms with Gasteiger partial charge < -0.3 is 10.7 Å². The van der Waals surface area contributed by atoms with Crippen LogP contribution < -0.4 is 16.6 Å². The second-order valence-corrected chi connectivity index (χ2v) is 7.07. The zero-order valence-corrected chi connectivity index (χ0v) is 13.3. The van der Waals surface area contributed by atoms with Crippen molar-refractivity contribution in [3.8, 4) is 0 Å². The maximum absolute atomic E-state index is 5.52. The fourth-order valence-electron chi connectivity index (χ4n) is 4.12. The third-order valence-corrected chi connectivity index (χ3v) is 5.22. The Morgan fingerprint density at radius 2 is 1.90 bits per heavy atom. The van der Waals surface area contributed by atoms with E-state index in [1.165, 1.54) is 25.7 Å². The van der Waals surface area contributed by atoms with Crippen molar-refractivity contribution >= 4 is 11.6 Å². The zero-order valence-electron chi connectivity index (χ0n) is 13.3. The zero-order chi connectivity index (χ0) is 15.0. The molecule has 4 unspecified atom stereocenters. The van der Waals surface area contributed by atoms with Crippen molar-refractivity contribution in [3.05, 3.63) is 11.9 Å². The number of aromatic nitrogens is 2. The van der Waals surface area contributed by atoms with Crippen LogP contribution in [0.4, 0.5) is 11.6 Å². The highest BCUT2D eigenvalue weighted by atomic mass is 15.3. The van der Waals surface area contributed by atoms with Gasteiger partial charge in [-0.3, -0.25) is 0 Å². The van der Waals surface area contributed by atoms with Crippen molar-refractivity contribution in [1.82, 2.24) is 9.97 Å². The van der Waals surface area contributed by atoms with E-state index < -0.39 is 0 Å². The lowest BCUT2D eigenvalue weighted by atomic mass is 9.84. The molecule has 3 rings (SSSR count). The van der Waals surface area contributed by atoms with Crippen LogP contribution in [0.5, 0.6) is 0 Å². The topological polar surface area (TPSA) is 75.9 Å². The van der Waals surface area contributed by atoms with Crippen LogP contribution in [-0.2, 0) is 0 Å². The van der Waals surface area contributed by atoms with Crippen LogP contribution in [0.15, 0.2) is 6.07 Å². The lowest BCUT2D eigenvalue weighted by molar-refractivity contribution is 0.304. The highest BCUT2D eigenvalue weighted by Crippen LogP contribution is 2.49. The summed E-state index contributed by atoms with van der Waals surface area (Å²) in [5.41, 5.74) is 2.64. The first-order valence-electron chi connectivity index (χ1n) is 8.19. The van der Waals surface area contributed by atoms with E-state index >= 15 is 0 Å². The molecule has 0 radical (unpaired) electrons. The molecule has 1 aromatic rings. The monoisotopic (exact) mass is 289 g/mol. The average molecular weight is 289 g/mol. The minimum Gasteiger partial charge on any atom is -0.367 e. The maximum atomic E-state index is 5.52. The summed E-state index contributed by atoms with van der Waals surface area (Å²) < 4.78 is 0. The minimum atomic E-state index is 0.289. The molecule has 2 bridgehead atoms. The van der Waals surface area contributed by atoms with Gasteiger partial charge in [-0.15, -0.1) is 0 Å². The Hall–Kier alpha value is -1.36. The SMILES string of the molecule is CC(C)c1nc(NN)cc(NC(C)C2CC3CCC2C3)n1. The Morgan fingerprint density at radius 1 is 1.14 bits per heavy atom. The molecule has 1 heterocycles. The minimum absolute atomic E-state index is 0.289. The Bertz CT molecular complexity index is 501. The van der Waals surface area contributed by atoms with E-state index in [2.05, 4.69) is 41.5 Å². The Morgan fingerprint density at radius 3 is 2.48 bits per heavy atom. The first kappa shape index (κ1) is 14.6. The first-order chi connectivity index (χ1) is 10.1. The highest BCUT2D eigenvalue weighted by molar-refractivity contribution is 5.47. The predicted molar refractivity (Wildman–Crippen MR) is 86.0 cm³/mol. The third-order valence-electron chi connectivity index (χ3n) is 5.22. The van der Waals surface area contributed by atoms with E-state index in [4.69, 9.17) is 5.84 Å². The van der Waals surface area contributed by atoms with Crippen LogP contribution in [-0.4, -0.2) is 16.0 Å². The molecule has 2 aliphatic rings. The lowest BCUT2D eigenvalue weighted by Crippen LogP contribution is -2.30. The summed E-state index contributed by atoms with van der Waals surface area (Å²) in [6.07, 6.45) is 5.67. The molecule has 2 fully saturated rings. The Balaban J connectivity index is 1.73. The van der Waals surface area contributed by atoms with Gasteiger partial charge in [-0.25, -0.2) is 15.8 Å². The molecule has 0 aliphatic heterocycles. The number of fused-ring (bicyclic) bond motifs is 2. The van der Waals surface area contributed by atoms with Gasteiger partial charge in [0.1, 0.15) is 17.5 Å². The smallest absolute Gasteiger partial charge is 0.145 e. The predicted octanol–water partition coefficient (Wildman–Crippen LogP) is 3.12. The molecule has 0 spiro atoms. The molecule has 0 saturated heterocycles. The van der Waals surface area contributed by atoms with E-state index in [-0.39, 0.29) is 5.92 Å². The fourth-order valence-corrected chi connectivity index (χ4v) is 4.12. The first-order valence-corrected chi connectivity index (χ1v) is 8.19. The summed E-state index contributed by atoms with van der Waals surface area (Å²) >= 11 is 0. The molecule has 5 heteroatoms. The molecule has 0 aromatic carbocycles. The van der Waals surface area contributed by atoms with Crippen molar-refractivity contribution in [1.29, 1.82) is 0 Å². The molecule has 21 heavy (non-hydrogen) atoms. The largest absolute Gasteiger partial charge is 0.367 e. The number of hydrogen-bond acceptors (Lipinski definition) is 5. The van der Waals surface area contributed by atoms with Crippen LogP contribution in [0.1, 0.15) is 58.2 Å². The molecule has 5 nitrogen and oxygen atoms in total. The third kappa shape index (κ3) is 2.98. The van der Waals surface area contributed by atoms with Crippen LogP contribution in [0.2, 0.25) is 0 Å². The summed E-state index contributed by atoms with van der Waals surface area (Å²) in [4.78, 5) is 9.04. The van der Waals surface area contributed by atoms with Crippen LogP contribution >= 0.6 is 0 Å². The summed E-state index contributed by atoms with van der Waals surface area (Å²) in [7, 11) is 0. The van der Waals surface area contributed by atoms with Gasteiger partial charge in [-0.1, -0.05) is 20.3 Å². The molecule has 2 aliphatic carbocycles. The quantitative estimate of drug-likeness (QED) is 0.573. The highest BCUT2D eigenvalue weighted by Gasteiger charge is 2.41. The van der Waals surface area contributed by atoms with Gasteiger partial charge in [0.15, 0.2) is 0 Å². The molecular formula is C16H27N5. The van der Waals surface area contributed by atoms with Gasteiger partial charge in [0.05, 0.1) is 0 Å². The number of hydrogen-bond donors (Lipinski definition) is 3. The molecule has 4 atom stereocenters. The Kier molecular flexibility index (Phi) is 4.02. The van der Waals surface area contributed by atoms with Crippen molar-refractivity contribution in [2.75, 3.05) is 10.7 Å². The van der Waals surface area contributed by atoms with E-state index in [0.29, 0.717) is 11.9 Å². The molecule has 0 amide bonds. The number of nitrogens with zero attached hydrogens (tertiary/aromatic N) is 2. The van der Waals surface area contributed by atoms with E-state index in [1.807, 2.05) is 6.07 Å². The summed E-state index contributed by atoms with van der Waals surface area (Å²) in [5, 5.41) is 3.59. The van der Waals surface area contributed by atoms with E-state index in [9.17, 15) is 0 Å². The molecular weight excluding hydrogens is 262 g/mol. The van der Waals surface area contributed by atoms with Gasteiger partial charge >= 0.3 is 0 Å². The molecule has 1 aromatic heterocycles. The summed E-state index contributed by atoms with van der Waals surface area (Å²) in [5.74, 6) is 10.9. The fraction of sp³-hybridized carbons (Fsp3) is 0.750. The number of nitrogen functional groups attached to an aromatic ring is 1. The number of hydrazine groups is 1. The molecule has 4 N–H and O–H groups in total. The van der Waals surface area contributed by atoms with Crippen LogP contribution in [0.25, 0.3) is 0 Å². The van der Waals surface area contributed by atoms with E-state index in [1.54, 1.807) is 0 Å². The van der Waals surface area contributed by atoms with Gasteiger partial charge in [0.2, 0.25) is 0 Å².